The van der Waals surface area contributed by atoms with Gasteiger partial charge in [0.15, 0.2) is 16.3 Å². The molecule has 0 fully saturated rings. The van der Waals surface area contributed by atoms with Crippen LogP contribution in [-0.4, -0.2) is 9.97 Å². The smallest absolute Gasteiger partial charge is 0.254 e. The lowest BCUT2D eigenvalue weighted by molar-refractivity contribution is 0.548. The van der Waals surface area contributed by atoms with Crippen molar-refractivity contribution in [2.24, 2.45) is 0 Å². The Balaban J connectivity index is 2.16. The molecule has 88 valence electrons. The Kier molecular flexibility index (Phi) is 2.71. The zero-order valence-electron chi connectivity index (χ0n) is 8.72. The van der Waals surface area contributed by atoms with Crippen LogP contribution < -0.4 is 5.56 Å². The van der Waals surface area contributed by atoms with Gasteiger partial charge in [0.05, 0.1) is 10.2 Å². The summed E-state index contributed by atoms with van der Waals surface area (Å²) < 4.78 is 6.85. The maximum absolute atomic E-state index is 11.8. The first-order chi connectivity index (χ1) is 8.15. The molecule has 0 atom stereocenters. The third kappa shape index (κ3) is 1.89. The molecule has 0 aromatic carbocycles. The van der Waals surface area contributed by atoms with Crippen molar-refractivity contribution in [3.63, 3.8) is 0 Å². The minimum atomic E-state index is -0.0499. The molecule has 1 N–H and O–H groups in total. The van der Waals surface area contributed by atoms with Crippen molar-refractivity contribution in [2.45, 2.75) is 19.3 Å². The lowest BCUT2D eigenvalue weighted by atomic mass is 10.2. The molecule has 17 heavy (non-hydrogen) atoms. The zero-order chi connectivity index (χ0) is 12.0. The van der Waals surface area contributed by atoms with Crippen molar-refractivity contribution in [1.29, 1.82) is 0 Å². The van der Waals surface area contributed by atoms with Crippen molar-refractivity contribution in [3.05, 3.63) is 36.8 Å². The first-order valence-corrected chi connectivity index (χ1v) is 6.81. The van der Waals surface area contributed by atoms with E-state index in [0.29, 0.717) is 16.3 Å². The highest BCUT2D eigenvalue weighted by Crippen LogP contribution is 2.31. The fraction of sp³-hybridized carbons (Fsp3) is 0.273. The highest BCUT2D eigenvalue weighted by atomic mass is 79.9. The molecule has 2 aromatic heterocycles. The van der Waals surface area contributed by atoms with Gasteiger partial charge in [0.1, 0.15) is 0 Å². The summed E-state index contributed by atoms with van der Waals surface area (Å²) in [6.07, 6.45) is 2.69. The topological polar surface area (TPSA) is 58.9 Å². The molecule has 0 unspecified atom stereocenters. The first kappa shape index (κ1) is 11.2. The van der Waals surface area contributed by atoms with Gasteiger partial charge in [-0.25, -0.2) is 4.98 Å². The fourth-order valence-corrected chi connectivity index (χ4v) is 2.60. The van der Waals surface area contributed by atoms with E-state index in [1.54, 1.807) is 6.07 Å². The molecule has 1 aliphatic carbocycles. The minimum absolute atomic E-state index is 0.0499. The lowest BCUT2D eigenvalue weighted by Crippen LogP contribution is -2.14. The summed E-state index contributed by atoms with van der Waals surface area (Å²) in [5.74, 6) is 1.04. The summed E-state index contributed by atoms with van der Waals surface area (Å²) in [7, 11) is 0. The summed E-state index contributed by atoms with van der Waals surface area (Å²) >= 11 is 6.59. The highest BCUT2D eigenvalue weighted by molar-refractivity contribution is 9.13. The monoisotopic (exact) mass is 358 g/mol. The predicted molar refractivity (Wildman–Crippen MR) is 70.0 cm³/mol. The van der Waals surface area contributed by atoms with Crippen molar-refractivity contribution < 1.29 is 4.42 Å². The number of aryl methyl sites for hydroxylation is 1. The van der Waals surface area contributed by atoms with Crippen LogP contribution in [-0.2, 0) is 12.8 Å². The van der Waals surface area contributed by atoms with E-state index in [-0.39, 0.29) is 5.56 Å². The summed E-state index contributed by atoms with van der Waals surface area (Å²) in [6.45, 7) is 0. The van der Waals surface area contributed by atoms with Gasteiger partial charge in [0.25, 0.3) is 5.56 Å². The fourth-order valence-electron chi connectivity index (χ4n) is 2.02. The summed E-state index contributed by atoms with van der Waals surface area (Å²) in [5.41, 5.74) is 1.66. The van der Waals surface area contributed by atoms with E-state index in [9.17, 15) is 4.79 Å². The van der Waals surface area contributed by atoms with Gasteiger partial charge in [-0.3, -0.25) is 4.79 Å². The van der Waals surface area contributed by atoms with Crippen molar-refractivity contribution >= 4 is 31.9 Å². The Labute approximate surface area is 114 Å². The molecule has 2 aromatic rings. The summed E-state index contributed by atoms with van der Waals surface area (Å²) in [4.78, 5) is 19.0. The Morgan fingerprint density at radius 2 is 2.18 bits per heavy atom. The van der Waals surface area contributed by atoms with Gasteiger partial charge in [-0.15, -0.1) is 0 Å². The standard InChI is InChI=1S/C11H8Br2N2O2/c12-6-4-8(17-9(6)13)10-14-7-3-1-2-5(7)11(16)15-10/h4H,1-3H2,(H,14,15,16). The van der Waals surface area contributed by atoms with Crippen LogP contribution >= 0.6 is 31.9 Å². The van der Waals surface area contributed by atoms with Gasteiger partial charge in [-0.1, -0.05) is 0 Å². The number of halogens is 2. The molecule has 0 radical (unpaired) electrons. The second-order valence-corrected chi connectivity index (χ2v) is 5.50. The van der Waals surface area contributed by atoms with Crippen LogP contribution in [0.2, 0.25) is 0 Å². The number of fused-ring (bicyclic) bond motifs is 1. The normalized spacial score (nSPS) is 14.0. The molecule has 1 aliphatic rings. The van der Waals surface area contributed by atoms with Gasteiger partial charge >= 0.3 is 0 Å². The molecule has 3 rings (SSSR count). The number of nitrogens with one attached hydrogen (secondary N) is 1. The largest absolute Gasteiger partial charge is 0.445 e. The second-order valence-electron chi connectivity index (χ2n) is 3.93. The quantitative estimate of drug-likeness (QED) is 0.851. The van der Waals surface area contributed by atoms with E-state index in [1.165, 1.54) is 0 Å². The Hall–Kier alpha value is -0.880. The number of hydrogen-bond donors (Lipinski definition) is 1. The van der Waals surface area contributed by atoms with Gasteiger partial charge in [-0.05, 0) is 51.1 Å². The van der Waals surface area contributed by atoms with E-state index in [1.807, 2.05) is 0 Å². The zero-order valence-corrected chi connectivity index (χ0v) is 11.9. The van der Waals surface area contributed by atoms with Gasteiger partial charge < -0.3 is 9.40 Å². The van der Waals surface area contributed by atoms with Crippen molar-refractivity contribution in [1.82, 2.24) is 9.97 Å². The van der Waals surface area contributed by atoms with Gasteiger partial charge in [0.2, 0.25) is 0 Å². The minimum Gasteiger partial charge on any atom is -0.445 e. The Bertz CT molecular complexity index is 626. The summed E-state index contributed by atoms with van der Waals surface area (Å²) in [5, 5.41) is 0. The highest BCUT2D eigenvalue weighted by Gasteiger charge is 2.19. The molecule has 0 spiro atoms. The molecule has 0 aliphatic heterocycles. The van der Waals surface area contributed by atoms with Crippen LogP contribution in [0.4, 0.5) is 0 Å². The average molecular weight is 360 g/mol. The van der Waals surface area contributed by atoms with Crippen LogP contribution in [0.1, 0.15) is 17.7 Å². The predicted octanol–water partition coefficient (Wildman–Crippen LogP) is 3.04. The molecule has 0 saturated carbocycles. The van der Waals surface area contributed by atoms with Crippen LogP contribution in [0.25, 0.3) is 11.6 Å². The Morgan fingerprint density at radius 3 is 2.88 bits per heavy atom. The molecule has 6 heteroatoms. The number of aromatic amines is 1. The van der Waals surface area contributed by atoms with Crippen LogP contribution in [0.15, 0.2) is 24.4 Å². The third-order valence-corrected chi connectivity index (χ3v) is 4.53. The number of aromatic nitrogens is 2. The number of nitrogens with zero attached hydrogens (tertiary/aromatic N) is 1. The number of hydrogen-bond acceptors (Lipinski definition) is 3. The summed E-state index contributed by atoms with van der Waals surface area (Å²) in [6, 6.07) is 1.78. The molecule has 2 heterocycles. The van der Waals surface area contributed by atoms with Gasteiger partial charge in [0, 0.05) is 11.6 Å². The van der Waals surface area contributed by atoms with Crippen molar-refractivity contribution in [3.8, 4) is 11.6 Å². The first-order valence-electron chi connectivity index (χ1n) is 5.22. The molecular formula is C11H8Br2N2O2. The number of rotatable bonds is 1. The second kappa shape index (κ2) is 4.10. The Morgan fingerprint density at radius 1 is 1.35 bits per heavy atom. The van der Waals surface area contributed by atoms with E-state index in [2.05, 4.69) is 41.8 Å². The maximum atomic E-state index is 11.8. The van der Waals surface area contributed by atoms with E-state index in [4.69, 9.17) is 4.42 Å². The van der Waals surface area contributed by atoms with E-state index < -0.39 is 0 Å². The molecule has 0 amide bonds. The molecule has 0 saturated heterocycles. The van der Waals surface area contributed by atoms with Crippen LogP contribution in [0.5, 0.6) is 0 Å². The van der Waals surface area contributed by atoms with Crippen molar-refractivity contribution in [2.75, 3.05) is 0 Å². The SMILES string of the molecule is O=c1[nH]c(-c2cc(Br)c(Br)o2)nc2c1CCC2. The average Bonchev–Trinajstić information content (AvgIpc) is 2.87. The molecular weight excluding hydrogens is 352 g/mol. The van der Waals surface area contributed by atoms with E-state index >= 15 is 0 Å². The third-order valence-electron chi connectivity index (χ3n) is 2.82. The van der Waals surface area contributed by atoms with Crippen LogP contribution in [0.3, 0.4) is 0 Å². The lowest BCUT2D eigenvalue weighted by Gasteiger charge is -2.00. The molecule has 0 bridgehead atoms. The van der Waals surface area contributed by atoms with Crippen LogP contribution in [0, 0.1) is 0 Å². The molecule has 4 nitrogen and oxygen atoms in total. The van der Waals surface area contributed by atoms with Gasteiger partial charge in [-0.2, -0.15) is 0 Å². The number of H-pyrrole nitrogens is 1. The van der Waals surface area contributed by atoms with E-state index in [0.717, 1.165) is 35.0 Å². The number of furan rings is 1. The maximum Gasteiger partial charge on any atom is 0.254 e.